The van der Waals surface area contributed by atoms with Crippen LogP contribution in [-0.4, -0.2) is 49.7 Å². The van der Waals surface area contributed by atoms with Gasteiger partial charge in [-0.05, 0) is 18.4 Å². The largest absolute Gasteiger partial charge is 0.374 e. The van der Waals surface area contributed by atoms with Crippen molar-refractivity contribution >= 4 is 30.7 Å². The molecule has 2 atom stereocenters. The number of hydrogen-bond donors (Lipinski definition) is 2. The molecule has 1 heterocycles. The molecule has 1 saturated heterocycles. The van der Waals surface area contributed by atoms with E-state index >= 15 is 0 Å². The average molecular weight is 392 g/mol. The first-order valence-electron chi connectivity index (χ1n) is 8.36. The Kier molecular flexibility index (Phi) is 10.6. The number of carbonyl (C=O) groups is 1. The van der Waals surface area contributed by atoms with Gasteiger partial charge in [0, 0.05) is 26.2 Å². The van der Waals surface area contributed by atoms with Crippen LogP contribution in [0.15, 0.2) is 30.3 Å². The number of ether oxygens (including phenoxy) is 1. The second kappa shape index (κ2) is 11.0. The molecule has 0 aromatic heterocycles. The van der Waals surface area contributed by atoms with Gasteiger partial charge in [-0.3, -0.25) is 9.69 Å². The number of carbonyl (C=O) groups excluding carboxylic acids is 1. The number of rotatable bonds is 6. The molecule has 1 fully saturated rings. The van der Waals surface area contributed by atoms with Gasteiger partial charge in [-0.15, -0.1) is 24.8 Å². The van der Waals surface area contributed by atoms with Crippen molar-refractivity contribution in [3.05, 3.63) is 35.9 Å². The van der Waals surface area contributed by atoms with Gasteiger partial charge in [-0.2, -0.15) is 0 Å². The number of benzene rings is 1. The third kappa shape index (κ3) is 7.12. The first-order chi connectivity index (χ1) is 10.9. The molecule has 7 heteroatoms. The molecule has 25 heavy (non-hydrogen) atoms. The molecule has 0 bridgehead atoms. The molecule has 0 radical (unpaired) electrons. The lowest BCUT2D eigenvalue weighted by Crippen LogP contribution is -2.53. The predicted octanol–water partition coefficient (Wildman–Crippen LogP) is 2.18. The summed E-state index contributed by atoms with van der Waals surface area (Å²) in [5.74, 6) is 0.460. The van der Waals surface area contributed by atoms with E-state index in [-0.39, 0.29) is 36.8 Å². The van der Waals surface area contributed by atoms with Crippen LogP contribution in [0.1, 0.15) is 26.3 Å². The zero-order valence-corrected chi connectivity index (χ0v) is 16.9. The van der Waals surface area contributed by atoms with E-state index in [0.29, 0.717) is 19.1 Å². The second-order valence-electron chi connectivity index (χ2n) is 6.92. The summed E-state index contributed by atoms with van der Waals surface area (Å²) in [5.41, 5.74) is 6.00. The topological polar surface area (TPSA) is 67.6 Å². The fourth-order valence-electron chi connectivity index (χ4n) is 2.89. The van der Waals surface area contributed by atoms with Crippen LogP contribution in [-0.2, 0) is 15.1 Å². The van der Waals surface area contributed by atoms with Gasteiger partial charge >= 0.3 is 0 Å². The summed E-state index contributed by atoms with van der Waals surface area (Å²) in [4.78, 5) is 14.9. The highest BCUT2D eigenvalue weighted by molar-refractivity contribution is 5.87. The summed E-state index contributed by atoms with van der Waals surface area (Å²) in [7, 11) is 0. The second-order valence-corrected chi connectivity index (χ2v) is 6.92. The van der Waals surface area contributed by atoms with E-state index < -0.39 is 5.54 Å². The number of hydrogen-bond acceptors (Lipinski definition) is 4. The van der Waals surface area contributed by atoms with Crippen molar-refractivity contribution in [2.24, 2.45) is 11.7 Å². The van der Waals surface area contributed by atoms with E-state index in [1.165, 1.54) is 0 Å². The Morgan fingerprint density at radius 3 is 2.60 bits per heavy atom. The molecule has 5 nitrogen and oxygen atoms in total. The van der Waals surface area contributed by atoms with Crippen LogP contribution < -0.4 is 11.1 Å². The minimum absolute atomic E-state index is 0. The van der Waals surface area contributed by atoms with E-state index in [9.17, 15) is 4.79 Å². The molecule has 1 amide bonds. The summed E-state index contributed by atoms with van der Waals surface area (Å²) in [6.07, 6.45) is 0.0259. The van der Waals surface area contributed by atoms with E-state index in [0.717, 1.165) is 25.2 Å². The van der Waals surface area contributed by atoms with Crippen LogP contribution in [0.3, 0.4) is 0 Å². The quantitative estimate of drug-likeness (QED) is 0.779. The van der Waals surface area contributed by atoms with Crippen LogP contribution in [0.5, 0.6) is 0 Å². The van der Waals surface area contributed by atoms with Crippen LogP contribution in [0.25, 0.3) is 0 Å². The van der Waals surface area contributed by atoms with Crippen molar-refractivity contribution in [3.8, 4) is 0 Å². The number of morpholine rings is 1. The van der Waals surface area contributed by atoms with Gasteiger partial charge in [0.25, 0.3) is 0 Å². The van der Waals surface area contributed by atoms with E-state index in [1.54, 1.807) is 6.92 Å². The van der Waals surface area contributed by atoms with E-state index in [2.05, 4.69) is 24.1 Å². The van der Waals surface area contributed by atoms with E-state index in [4.69, 9.17) is 10.5 Å². The van der Waals surface area contributed by atoms with Crippen LogP contribution in [0, 0.1) is 5.92 Å². The molecule has 1 aromatic carbocycles. The molecule has 1 aliphatic heterocycles. The normalized spacial score (nSPS) is 20.1. The predicted molar refractivity (Wildman–Crippen MR) is 107 cm³/mol. The lowest BCUT2D eigenvalue weighted by atomic mass is 9.92. The molecule has 1 aromatic rings. The highest BCUT2D eigenvalue weighted by Gasteiger charge is 2.31. The Morgan fingerprint density at radius 2 is 2.00 bits per heavy atom. The van der Waals surface area contributed by atoms with Crippen LogP contribution >= 0.6 is 24.8 Å². The first-order valence-corrected chi connectivity index (χ1v) is 8.36. The highest BCUT2D eigenvalue weighted by atomic mass is 35.5. The zero-order chi connectivity index (χ0) is 16.9. The number of nitrogens with two attached hydrogens (primary N) is 1. The molecule has 0 saturated carbocycles. The molecule has 3 N–H and O–H groups in total. The molecular formula is C18H31Cl2N3O2. The van der Waals surface area contributed by atoms with Gasteiger partial charge in [0.1, 0.15) is 5.54 Å². The van der Waals surface area contributed by atoms with Crippen molar-refractivity contribution < 1.29 is 9.53 Å². The summed E-state index contributed by atoms with van der Waals surface area (Å²) in [6, 6.07) is 9.45. The molecule has 144 valence electrons. The number of nitrogens with zero attached hydrogens (tertiary/aromatic N) is 1. The molecule has 0 spiro atoms. The number of nitrogens with one attached hydrogen (secondary N) is 1. The minimum Gasteiger partial charge on any atom is -0.374 e. The lowest BCUT2D eigenvalue weighted by molar-refractivity contribution is -0.127. The van der Waals surface area contributed by atoms with Gasteiger partial charge in [-0.25, -0.2) is 0 Å². The van der Waals surface area contributed by atoms with Crippen molar-refractivity contribution in [1.82, 2.24) is 10.2 Å². The maximum absolute atomic E-state index is 12.5. The van der Waals surface area contributed by atoms with Gasteiger partial charge in [-0.1, -0.05) is 44.2 Å². The summed E-state index contributed by atoms with van der Waals surface area (Å²) >= 11 is 0. The maximum atomic E-state index is 12.5. The standard InChI is InChI=1S/C18H29N3O2.2ClH/c1-14(2)12-21-9-10-23-16(13-21)11-20-17(22)18(3,19)15-7-5-4-6-8-15;;/h4-8,14,16H,9-13,19H2,1-3H3,(H,20,22);2*1H. The SMILES string of the molecule is CC(C)CN1CCOC(CNC(=O)C(C)(N)c2ccccc2)C1.Cl.Cl. The van der Waals surface area contributed by atoms with Gasteiger partial charge in [0.05, 0.1) is 12.7 Å². The Balaban J connectivity index is 0.00000288. The molecule has 2 rings (SSSR count). The summed E-state index contributed by atoms with van der Waals surface area (Å²) < 4.78 is 5.76. The Morgan fingerprint density at radius 1 is 1.36 bits per heavy atom. The van der Waals surface area contributed by atoms with Crippen molar-refractivity contribution in [2.75, 3.05) is 32.8 Å². The maximum Gasteiger partial charge on any atom is 0.244 e. The van der Waals surface area contributed by atoms with Crippen molar-refractivity contribution in [2.45, 2.75) is 32.4 Å². The minimum atomic E-state index is -1.03. The molecular weight excluding hydrogens is 361 g/mol. The zero-order valence-electron chi connectivity index (χ0n) is 15.2. The van der Waals surface area contributed by atoms with Crippen LogP contribution in [0.2, 0.25) is 0 Å². The van der Waals surface area contributed by atoms with Crippen molar-refractivity contribution in [1.29, 1.82) is 0 Å². The van der Waals surface area contributed by atoms with E-state index in [1.807, 2.05) is 30.3 Å². The van der Waals surface area contributed by atoms with Gasteiger partial charge < -0.3 is 15.8 Å². The molecule has 1 aliphatic rings. The Labute approximate surface area is 163 Å². The summed E-state index contributed by atoms with van der Waals surface area (Å²) in [5, 5.41) is 2.95. The number of amides is 1. The molecule has 0 aliphatic carbocycles. The smallest absolute Gasteiger partial charge is 0.244 e. The fourth-order valence-corrected chi connectivity index (χ4v) is 2.89. The highest BCUT2D eigenvalue weighted by Crippen LogP contribution is 2.17. The summed E-state index contributed by atoms with van der Waals surface area (Å²) in [6.45, 7) is 10.3. The van der Waals surface area contributed by atoms with Gasteiger partial charge in [0.2, 0.25) is 5.91 Å². The monoisotopic (exact) mass is 391 g/mol. The van der Waals surface area contributed by atoms with Crippen molar-refractivity contribution in [3.63, 3.8) is 0 Å². The van der Waals surface area contributed by atoms with Crippen LogP contribution in [0.4, 0.5) is 0 Å². The third-order valence-electron chi connectivity index (χ3n) is 4.18. The lowest BCUT2D eigenvalue weighted by Gasteiger charge is -2.34. The Bertz CT molecular complexity index is 512. The average Bonchev–Trinajstić information content (AvgIpc) is 2.53. The van der Waals surface area contributed by atoms with Gasteiger partial charge in [0.15, 0.2) is 0 Å². The fraction of sp³-hybridized carbons (Fsp3) is 0.611. The Hall–Kier alpha value is -0.850. The first kappa shape index (κ1) is 24.1. The number of halogens is 2. The molecule has 2 unspecified atom stereocenters. The third-order valence-corrected chi connectivity index (χ3v) is 4.18.